The van der Waals surface area contributed by atoms with Gasteiger partial charge < -0.3 is 4.74 Å². The lowest BCUT2D eigenvalue weighted by Gasteiger charge is -2.08. The highest BCUT2D eigenvalue weighted by Crippen LogP contribution is 2.22. The first-order chi connectivity index (χ1) is 8.66. The summed E-state index contributed by atoms with van der Waals surface area (Å²) in [6.45, 7) is 4.61. The van der Waals surface area contributed by atoms with Gasteiger partial charge in [0.05, 0.1) is 12.7 Å². The molecule has 18 heavy (non-hydrogen) atoms. The summed E-state index contributed by atoms with van der Waals surface area (Å²) < 4.78 is 19.1. The molecule has 0 aliphatic carbocycles. The smallest absolute Gasteiger partial charge is 0.131 e. The molecule has 0 saturated carbocycles. The van der Waals surface area contributed by atoms with Crippen molar-refractivity contribution < 1.29 is 9.13 Å². The Morgan fingerprint density at radius 2 is 1.67 bits per heavy atom. The summed E-state index contributed by atoms with van der Waals surface area (Å²) in [5.74, 6) is -0.191. The van der Waals surface area contributed by atoms with Crippen LogP contribution in [0.5, 0.6) is 0 Å². The van der Waals surface area contributed by atoms with Crippen molar-refractivity contribution in [2.75, 3.05) is 0 Å². The van der Waals surface area contributed by atoms with Crippen LogP contribution in [0.25, 0.3) is 11.1 Å². The lowest BCUT2D eigenvalue weighted by molar-refractivity contribution is 0.0657. The first-order valence-electron chi connectivity index (χ1n) is 6.12. The standard InChI is InChI=1S/C16H17FO/c1-12(2)18-11-13-7-9-14(10-8-13)15-5-3-4-6-16(15)17/h3-10,12H,11H2,1-2H3. The highest BCUT2D eigenvalue weighted by atomic mass is 19.1. The second-order valence-corrected chi connectivity index (χ2v) is 4.54. The van der Waals surface area contributed by atoms with E-state index in [1.807, 2.05) is 44.2 Å². The van der Waals surface area contributed by atoms with Crippen LogP contribution in [0.3, 0.4) is 0 Å². The molecule has 0 heterocycles. The monoisotopic (exact) mass is 244 g/mol. The molecule has 0 amide bonds. The predicted molar refractivity (Wildman–Crippen MR) is 71.8 cm³/mol. The Kier molecular flexibility index (Phi) is 4.11. The van der Waals surface area contributed by atoms with Crippen molar-refractivity contribution in [3.05, 3.63) is 59.9 Å². The van der Waals surface area contributed by atoms with Gasteiger partial charge in [0.25, 0.3) is 0 Å². The normalized spacial score (nSPS) is 10.9. The molecule has 0 bridgehead atoms. The average Bonchev–Trinajstić information content (AvgIpc) is 2.38. The molecule has 0 spiro atoms. The summed E-state index contributed by atoms with van der Waals surface area (Å²) in [5.41, 5.74) is 2.62. The number of benzene rings is 2. The van der Waals surface area contributed by atoms with Crippen LogP contribution in [-0.2, 0) is 11.3 Å². The molecular weight excluding hydrogens is 227 g/mol. The molecule has 0 atom stereocenters. The molecule has 1 nitrogen and oxygen atoms in total. The molecule has 0 saturated heterocycles. The quantitative estimate of drug-likeness (QED) is 0.773. The summed E-state index contributed by atoms with van der Waals surface area (Å²) in [6, 6.07) is 14.6. The van der Waals surface area contributed by atoms with E-state index in [1.165, 1.54) is 6.07 Å². The Morgan fingerprint density at radius 1 is 1.00 bits per heavy atom. The summed E-state index contributed by atoms with van der Waals surface area (Å²) in [5, 5.41) is 0. The summed E-state index contributed by atoms with van der Waals surface area (Å²) >= 11 is 0. The van der Waals surface area contributed by atoms with Crippen LogP contribution in [0.1, 0.15) is 19.4 Å². The minimum atomic E-state index is -0.191. The SMILES string of the molecule is CC(C)OCc1ccc(-c2ccccc2F)cc1. The van der Waals surface area contributed by atoms with Crippen LogP contribution in [0.2, 0.25) is 0 Å². The number of hydrogen-bond acceptors (Lipinski definition) is 1. The summed E-state index contributed by atoms with van der Waals surface area (Å²) in [4.78, 5) is 0. The molecule has 0 N–H and O–H groups in total. The first-order valence-corrected chi connectivity index (χ1v) is 6.12. The fourth-order valence-electron chi connectivity index (χ4n) is 1.74. The molecule has 2 rings (SSSR count). The van der Waals surface area contributed by atoms with Crippen molar-refractivity contribution in [2.24, 2.45) is 0 Å². The number of hydrogen-bond donors (Lipinski definition) is 0. The van der Waals surface area contributed by atoms with Gasteiger partial charge >= 0.3 is 0 Å². The maximum atomic E-state index is 13.6. The van der Waals surface area contributed by atoms with Crippen LogP contribution >= 0.6 is 0 Å². The van der Waals surface area contributed by atoms with Gasteiger partial charge in [-0.1, -0.05) is 42.5 Å². The van der Waals surface area contributed by atoms with Crippen molar-refractivity contribution in [3.8, 4) is 11.1 Å². The molecule has 0 aliphatic heterocycles. The van der Waals surface area contributed by atoms with E-state index in [9.17, 15) is 4.39 Å². The zero-order chi connectivity index (χ0) is 13.0. The van der Waals surface area contributed by atoms with E-state index in [1.54, 1.807) is 12.1 Å². The Balaban J connectivity index is 2.15. The molecule has 94 valence electrons. The molecule has 0 radical (unpaired) electrons. The highest BCUT2D eigenvalue weighted by Gasteiger charge is 2.03. The van der Waals surface area contributed by atoms with Gasteiger partial charge in [0.2, 0.25) is 0 Å². The maximum absolute atomic E-state index is 13.6. The maximum Gasteiger partial charge on any atom is 0.131 e. The van der Waals surface area contributed by atoms with Gasteiger partial charge in [-0.3, -0.25) is 0 Å². The van der Waals surface area contributed by atoms with Crippen LogP contribution in [0.4, 0.5) is 4.39 Å². The van der Waals surface area contributed by atoms with Gasteiger partial charge in [-0.15, -0.1) is 0 Å². The van der Waals surface area contributed by atoms with E-state index in [-0.39, 0.29) is 11.9 Å². The van der Waals surface area contributed by atoms with E-state index < -0.39 is 0 Å². The molecule has 0 aliphatic rings. The third-order valence-corrected chi connectivity index (χ3v) is 2.72. The van der Waals surface area contributed by atoms with E-state index in [0.29, 0.717) is 12.2 Å². The Labute approximate surface area is 107 Å². The number of ether oxygens (including phenoxy) is 1. The van der Waals surface area contributed by atoms with E-state index in [0.717, 1.165) is 11.1 Å². The molecule has 0 unspecified atom stereocenters. The lowest BCUT2D eigenvalue weighted by Crippen LogP contribution is -2.01. The van der Waals surface area contributed by atoms with Crippen LogP contribution < -0.4 is 0 Å². The predicted octanol–water partition coefficient (Wildman–Crippen LogP) is 4.42. The average molecular weight is 244 g/mol. The molecule has 2 aromatic carbocycles. The fraction of sp³-hybridized carbons (Fsp3) is 0.250. The Hall–Kier alpha value is -1.67. The van der Waals surface area contributed by atoms with E-state index in [2.05, 4.69) is 0 Å². The van der Waals surface area contributed by atoms with E-state index >= 15 is 0 Å². The van der Waals surface area contributed by atoms with Gasteiger partial charge in [-0.25, -0.2) is 4.39 Å². The largest absolute Gasteiger partial charge is 0.374 e. The van der Waals surface area contributed by atoms with Gasteiger partial charge in [0, 0.05) is 5.56 Å². The van der Waals surface area contributed by atoms with Crippen molar-refractivity contribution in [1.29, 1.82) is 0 Å². The van der Waals surface area contributed by atoms with Crippen molar-refractivity contribution in [2.45, 2.75) is 26.6 Å². The van der Waals surface area contributed by atoms with Crippen LogP contribution in [-0.4, -0.2) is 6.10 Å². The zero-order valence-electron chi connectivity index (χ0n) is 10.7. The van der Waals surface area contributed by atoms with Gasteiger partial charge in [-0.2, -0.15) is 0 Å². The van der Waals surface area contributed by atoms with Crippen molar-refractivity contribution >= 4 is 0 Å². The molecular formula is C16H17FO. The minimum Gasteiger partial charge on any atom is -0.374 e. The van der Waals surface area contributed by atoms with Crippen LogP contribution in [0, 0.1) is 5.82 Å². The molecule has 0 aromatic heterocycles. The minimum absolute atomic E-state index is 0.191. The van der Waals surface area contributed by atoms with Crippen LogP contribution in [0.15, 0.2) is 48.5 Å². The topological polar surface area (TPSA) is 9.23 Å². The fourth-order valence-corrected chi connectivity index (χ4v) is 1.74. The summed E-state index contributed by atoms with van der Waals surface area (Å²) in [6.07, 6.45) is 0.219. The lowest BCUT2D eigenvalue weighted by atomic mass is 10.0. The van der Waals surface area contributed by atoms with E-state index in [4.69, 9.17) is 4.74 Å². The first kappa shape index (κ1) is 12.8. The van der Waals surface area contributed by atoms with Gasteiger partial charge in [-0.05, 0) is 31.0 Å². The van der Waals surface area contributed by atoms with Crippen molar-refractivity contribution in [3.63, 3.8) is 0 Å². The number of rotatable bonds is 4. The molecule has 0 fully saturated rings. The second kappa shape index (κ2) is 5.78. The zero-order valence-corrected chi connectivity index (χ0v) is 10.7. The highest BCUT2D eigenvalue weighted by molar-refractivity contribution is 5.64. The summed E-state index contributed by atoms with van der Waals surface area (Å²) in [7, 11) is 0. The van der Waals surface area contributed by atoms with Gasteiger partial charge in [0.1, 0.15) is 5.82 Å². The third kappa shape index (κ3) is 3.17. The molecule has 2 aromatic rings. The Morgan fingerprint density at radius 3 is 2.28 bits per heavy atom. The molecule has 2 heteroatoms. The number of halogens is 1. The Bertz CT molecular complexity index is 503. The second-order valence-electron chi connectivity index (χ2n) is 4.54. The van der Waals surface area contributed by atoms with Crippen molar-refractivity contribution in [1.82, 2.24) is 0 Å². The third-order valence-electron chi connectivity index (χ3n) is 2.72. The van der Waals surface area contributed by atoms with Gasteiger partial charge in [0.15, 0.2) is 0 Å².